The first-order valence-electron chi connectivity index (χ1n) is 7.72. The summed E-state index contributed by atoms with van der Waals surface area (Å²) in [6, 6.07) is 0. The zero-order chi connectivity index (χ0) is 19.2. The van der Waals surface area contributed by atoms with E-state index >= 15 is 0 Å². The van der Waals surface area contributed by atoms with Crippen molar-refractivity contribution in [3.63, 3.8) is 0 Å². The molecule has 13 heteroatoms. The van der Waals surface area contributed by atoms with Gasteiger partial charge in [0.05, 0.1) is 25.9 Å². The molecule has 2 aromatic heterocycles. The number of aliphatic hydroxyl groups excluding tert-OH is 5. The van der Waals surface area contributed by atoms with Crippen LogP contribution < -0.4 is 17.0 Å². The van der Waals surface area contributed by atoms with Crippen molar-refractivity contribution < 1.29 is 30.3 Å². The molecule has 3 rings (SSSR count). The highest BCUT2D eigenvalue weighted by molar-refractivity contribution is 5.71. The number of aromatic amines is 1. The Morgan fingerprint density at radius 2 is 1.96 bits per heavy atom. The third-order valence-corrected chi connectivity index (χ3v) is 4.21. The number of hydrogen-bond donors (Lipinski definition) is 7. The fourth-order valence-electron chi connectivity index (χ4n) is 2.96. The van der Waals surface area contributed by atoms with E-state index in [1.807, 2.05) is 0 Å². The van der Waals surface area contributed by atoms with Crippen LogP contribution in [0.15, 0.2) is 9.59 Å². The minimum Gasteiger partial charge on any atom is -0.394 e. The van der Waals surface area contributed by atoms with Crippen molar-refractivity contribution in [2.45, 2.75) is 37.2 Å². The highest BCUT2D eigenvalue weighted by atomic mass is 16.6. The van der Waals surface area contributed by atoms with E-state index in [0.717, 1.165) is 9.13 Å². The number of nitrogen functional groups attached to an aromatic ring is 1. The number of anilines is 1. The standard InChI is InChI=1S/C13H19N5O8/c14-12-15-9-6(10(24)16-12)17(1-4(21)2-19)13(25)18(9)11-8(23)7(22)5(3-20)26-11/h4-5,7-8,11,19-23H,1-3H2,(H3,14,15,16,24)/t4?,5?,7-,8-,11?/m1/s1. The Kier molecular flexibility index (Phi) is 4.83. The number of rotatable bonds is 5. The largest absolute Gasteiger partial charge is 0.394 e. The lowest BCUT2D eigenvalue weighted by Crippen LogP contribution is -2.37. The Morgan fingerprint density at radius 1 is 1.27 bits per heavy atom. The van der Waals surface area contributed by atoms with Crippen LogP contribution in [0.25, 0.3) is 11.2 Å². The Bertz CT molecular complexity index is 920. The van der Waals surface area contributed by atoms with Gasteiger partial charge in [-0.05, 0) is 0 Å². The Balaban J connectivity index is 2.24. The molecule has 13 nitrogen and oxygen atoms in total. The van der Waals surface area contributed by atoms with Crippen molar-refractivity contribution in [1.29, 1.82) is 0 Å². The van der Waals surface area contributed by atoms with Gasteiger partial charge in [-0.15, -0.1) is 0 Å². The average Bonchev–Trinajstić information content (AvgIpc) is 3.02. The van der Waals surface area contributed by atoms with E-state index in [9.17, 15) is 30.0 Å². The van der Waals surface area contributed by atoms with Crippen LogP contribution in [-0.2, 0) is 11.3 Å². The molecular formula is C13H19N5O8. The maximum absolute atomic E-state index is 12.8. The summed E-state index contributed by atoms with van der Waals surface area (Å²) in [5.74, 6) is -0.303. The number of aromatic nitrogens is 4. The number of nitrogens with two attached hydrogens (primary N) is 1. The monoisotopic (exact) mass is 373 g/mol. The van der Waals surface area contributed by atoms with Crippen molar-refractivity contribution in [1.82, 2.24) is 19.1 Å². The van der Waals surface area contributed by atoms with Crippen molar-refractivity contribution in [2.75, 3.05) is 18.9 Å². The smallest absolute Gasteiger partial charge is 0.332 e. The Morgan fingerprint density at radius 3 is 2.54 bits per heavy atom. The predicted molar refractivity (Wildman–Crippen MR) is 85.1 cm³/mol. The summed E-state index contributed by atoms with van der Waals surface area (Å²) in [4.78, 5) is 31.2. The van der Waals surface area contributed by atoms with Gasteiger partial charge in [-0.25, -0.2) is 9.36 Å². The topological polar surface area (TPSA) is 209 Å². The number of H-pyrrole nitrogens is 1. The molecular weight excluding hydrogens is 354 g/mol. The van der Waals surface area contributed by atoms with Gasteiger partial charge in [-0.1, -0.05) is 0 Å². The molecule has 0 amide bonds. The summed E-state index contributed by atoms with van der Waals surface area (Å²) < 4.78 is 7.00. The second kappa shape index (κ2) is 6.79. The quantitative estimate of drug-likeness (QED) is 0.267. The fraction of sp³-hybridized carbons (Fsp3) is 0.615. The number of nitrogens with one attached hydrogen (secondary N) is 1. The van der Waals surface area contributed by atoms with Crippen LogP contribution in [0.5, 0.6) is 0 Å². The number of nitrogens with zero attached hydrogens (tertiary/aromatic N) is 3. The predicted octanol–water partition coefficient (Wildman–Crippen LogP) is -4.57. The molecule has 1 aliphatic heterocycles. The maximum atomic E-state index is 12.8. The molecule has 0 aromatic carbocycles. The van der Waals surface area contributed by atoms with Crippen molar-refractivity contribution in [3.8, 4) is 0 Å². The van der Waals surface area contributed by atoms with Crippen LogP contribution in [-0.4, -0.2) is 82.3 Å². The zero-order valence-electron chi connectivity index (χ0n) is 13.4. The molecule has 8 N–H and O–H groups in total. The number of ether oxygens (including phenoxy) is 1. The van der Waals surface area contributed by atoms with E-state index in [4.69, 9.17) is 15.6 Å². The van der Waals surface area contributed by atoms with E-state index in [2.05, 4.69) is 9.97 Å². The first kappa shape index (κ1) is 18.5. The molecule has 1 saturated heterocycles. The van der Waals surface area contributed by atoms with Gasteiger partial charge in [0.2, 0.25) is 5.95 Å². The van der Waals surface area contributed by atoms with Gasteiger partial charge in [-0.2, -0.15) is 4.98 Å². The molecule has 3 heterocycles. The second-order valence-corrected chi connectivity index (χ2v) is 5.95. The maximum Gasteiger partial charge on any atom is 0.332 e. The highest BCUT2D eigenvalue weighted by Gasteiger charge is 2.45. The summed E-state index contributed by atoms with van der Waals surface area (Å²) in [7, 11) is 0. The number of fused-ring (bicyclic) bond motifs is 1. The van der Waals surface area contributed by atoms with E-state index < -0.39 is 61.7 Å². The Hall–Kier alpha value is -2.29. The Labute approximate surface area is 144 Å². The van der Waals surface area contributed by atoms with Crippen molar-refractivity contribution in [2.24, 2.45) is 0 Å². The molecule has 144 valence electrons. The third-order valence-electron chi connectivity index (χ3n) is 4.21. The fourth-order valence-corrected chi connectivity index (χ4v) is 2.96. The lowest BCUT2D eigenvalue weighted by atomic mass is 10.1. The molecule has 0 aliphatic carbocycles. The first-order valence-corrected chi connectivity index (χ1v) is 7.72. The molecule has 0 spiro atoms. The molecule has 5 atom stereocenters. The summed E-state index contributed by atoms with van der Waals surface area (Å²) in [6.07, 6.45) is -7.00. The average molecular weight is 373 g/mol. The summed E-state index contributed by atoms with van der Waals surface area (Å²) >= 11 is 0. The molecule has 26 heavy (non-hydrogen) atoms. The minimum absolute atomic E-state index is 0.240. The highest BCUT2D eigenvalue weighted by Crippen LogP contribution is 2.30. The van der Waals surface area contributed by atoms with Crippen LogP contribution >= 0.6 is 0 Å². The first-order chi connectivity index (χ1) is 12.3. The van der Waals surface area contributed by atoms with Gasteiger partial charge in [-0.3, -0.25) is 14.3 Å². The molecule has 3 unspecified atom stereocenters. The van der Waals surface area contributed by atoms with E-state index in [0.29, 0.717) is 0 Å². The molecule has 2 aromatic rings. The number of hydrogen-bond acceptors (Lipinski definition) is 10. The number of imidazole rings is 1. The van der Waals surface area contributed by atoms with Crippen molar-refractivity contribution >= 4 is 17.1 Å². The van der Waals surface area contributed by atoms with Crippen LogP contribution in [0.2, 0.25) is 0 Å². The number of aliphatic hydroxyl groups is 5. The molecule has 0 bridgehead atoms. The molecule has 1 aliphatic rings. The summed E-state index contributed by atoms with van der Waals surface area (Å²) in [5, 5.41) is 48.0. The van der Waals surface area contributed by atoms with E-state index in [1.54, 1.807) is 0 Å². The van der Waals surface area contributed by atoms with Crippen molar-refractivity contribution in [3.05, 3.63) is 20.8 Å². The molecule has 1 fully saturated rings. The van der Waals surface area contributed by atoms with Gasteiger partial charge >= 0.3 is 5.69 Å². The van der Waals surface area contributed by atoms with Gasteiger partial charge in [0, 0.05) is 0 Å². The molecule has 0 saturated carbocycles. The van der Waals surface area contributed by atoms with Gasteiger partial charge in [0.25, 0.3) is 5.56 Å². The zero-order valence-corrected chi connectivity index (χ0v) is 13.4. The lowest BCUT2D eigenvalue weighted by molar-refractivity contribution is -0.0529. The SMILES string of the molecule is Nc1nc2c(c(=O)[nH]1)n(CC(O)CO)c(=O)n2C1OC(CO)[C@@H](O)[C@H]1O. The van der Waals surface area contributed by atoms with E-state index in [-0.39, 0.29) is 17.1 Å². The van der Waals surface area contributed by atoms with Crippen LogP contribution in [0.1, 0.15) is 6.23 Å². The normalized spacial score (nSPS) is 27.3. The third kappa shape index (κ3) is 2.80. The van der Waals surface area contributed by atoms with Gasteiger partial charge < -0.3 is 36.0 Å². The summed E-state index contributed by atoms with van der Waals surface area (Å²) in [6.45, 7) is -1.70. The second-order valence-electron chi connectivity index (χ2n) is 5.95. The van der Waals surface area contributed by atoms with Crippen LogP contribution in [0.3, 0.4) is 0 Å². The van der Waals surface area contributed by atoms with Crippen LogP contribution in [0, 0.1) is 0 Å². The van der Waals surface area contributed by atoms with Gasteiger partial charge in [0.15, 0.2) is 17.4 Å². The minimum atomic E-state index is -1.59. The summed E-state index contributed by atoms with van der Waals surface area (Å²) in [5.41, 5.74) is 3.37. The van der Waals surface area contributed by atoms with Gasteiger partial charge in [0.1, 0.15) is 18.3 Å². The van der Waals surface area contributed by atoms with E-state index in [1.165, 1.54) is 0 Å². The molecule has 0 radical (unpaired) electrons. The lowest BCUT2D eigenvalue weighted by Gasteiger charge is -2.15. The van der Waals surface area contributed by atoms with Crippen LogP contribution in [0.4, 0.5) is 5.95 Å².